The first-order valence-corrected chi connectivity index (χ1v) is 12.7. The summed E-state index contributed by atoms with van der Waals surface area (Å²) in [4.78, 5) is 16.9. The third-order valence-electron chi connectivity index (χ3n) is 5.14. The van der Waals surface area contributed by atoms with Crippen molar-refractivity contribution in [2.75, 3.05) is 13.2 Å². The van der Waals surface area contributed by atoms with Crippen LogP contribution in [-0.4, -0.2) is 25.1 Å². The van der Waals surface area contributed by atoms with E-state index >= 15 is 0 Å². The van der Waals surface area contributed by atoms with Gasteiger partial charge in [0.1, 0.15) is 0 Å². The fourth-order valence-corrected chi connectivity index (χ4v) is 4.37. The van der Waals surface area contributed by atoms with Crippen LogP contribution in [0.25, 0.3) is 6.08 Å². The van der Waals surface area contributed by atoms with Gasteiger partial charge in [-0.25, -0.2) is 9.79 Å². The van der Waals surface area contributed by atoms with Crippen molar-refractivity contribution in [3.63, 3.8) is 0 Å². The van der Waals surface area contributed by atoms with E-state index < -0.39 is 5.97 Å². The molecule has 0 N–H and O–H groups in total. The normalized spacial score (nSPS) is 14.2. The van der Waals surface area contributed by atoms with E-state index in [1.54, 1.807) is 6.08 Å². The van der Waals surface area contributed by atoms with Crippen LogP contribution in [-0.2, 0) is 16.0 Å². The molecule has 1 aliphatic rings. The average molecular weight is 632 g/mol. The second-order valence-electron chi connectivity index (χ2n) is 7.65. The molecular weight excluding hydrogens is 609 g/mol. The second-order valence-corrected chi connectivity index (χ2v) is 9.66. The summed E-state index contributed by atoms with van der Waals surface area (Å²) >= 11 is 5.86. The van der Waals surface area contributed by atoms with Gasteiger partial charge in [-0.1, -0.05) is 30.3 Å². The van der Waals surface area contributed by atoms with Gasteiger partial charge in [0.2, 0.25) is 5.90 Å². The molecule has 4 rings (SSSR count). The Hall–Kier alpha value is -2.65. The van der Waals surface area contributed by atoms with Crippen LogP contribution in [0.3, 0.4) is 0 Å². The molecule has 0 aliphatic carbocycles. The van der Waals surface area contributed by atoms with Crippen LogP contribution in [0, 0.1) is 10.5 Å². The molecule has 1 aliphatic heterocycles. The molecule has 0 atom stereocenters. The highest BCUT2D eigenvalue weighted by Crippen LogP contribution is 2.38. The maximum atomic E-state index is 12.5. The lowest BCUT2D eigenvalue weighted by molar-refractivity contribution is -0.129. The van der Waals surface area contributed by atoms with Crippen LogP contribution in [0.4, 0.5) is 0 Å². The molecule has 0 fully saturated rings. The summed E-state index contributed by atoms with van der Waals surface area (Å²) < 4.78 is 19.2. The average Bonchev–Trinajstić information content (AvgIpc) is 3.18. The van der Waals surface area contributed by atoms with Crippen LogP contribution in [0.2, 0.25) is 0 Å². The summed E-state index contributed by atoms with van der Waals surface area (Å²) in [6, 6.07) is 19.7. The number of halogens is 2. The predicted molar refractivity (Wildman–Crippen MR) is 145 cm³/mol. The van der Waals surface area contributed by atoms with E-state index in [2.05, 4.69) is 55.6 Å². The zero-order valence-electron chi connectivity index (χ0n) is 18.8. The Morgan fingerprint density at radius 3 is 2.62 bits per heavy atom. The van der Waals surface area contributed by atoms with Gasteiger partial charge in [0.05, 0.1) is 17.7 Å². The first kappa shape index (κ1) is 24.5. The highest BCUT2D eigenvalue weighted by atomic mass is 127. The number of aliphatic imine (C=N–C) groups is 1. The fraction of sp³-hybridized carbons (Fsp3) is 0.185. The van der Waals surface area contributed by atoms with Crippen LogP contribution in [0.5, 0.6) is 11.5 Å². The van der Waals surface area contributed by atoms with Gasteiger partial charge in [-0.15, -0.1) is 0 Å². The standard InChI is InChI=1S/C27H23BrINO4/c1-3-32-24-16-19(14-21(28)25(24)33-12-11-18-7-5-4-6-8-18)15-23-27(31)34-26(30-23)20-9-10-22(29)17(2)13-20/h4-10,13-16H,3,11-12H2,1-2H3/b23-15-. The van der Waals surface area contributed by atoms with Crippen molar-refractivity contribution in [3.8, 4) is 11.5 Å². The molecule has 174 valence electrons. The summed E-state index contributed by atoms with van der Waals surface area (Å²) in [7, 11) is 0. The molecule has 0 radical (unpaired) electrons. The van der Waals surface area contributed by atoms with Gasteiger partial charge in [0.15, 0.2) is 17.2 Å². The molecule has 0 bridgehead atoms. The monoisotopic (exact) mass is 631 g/mol. The van der Waals surface area contributed by atoms with E-state index in [1.165, 1.54) is 5.56 Å². The number of hydrogen-bond donors (Lipinski definition) is 0. The Balaban J connectivity index is 1.57. The number of rotatable bonds is 8. The lowest BCUT2D eigenvalue weighted by Gasteiger charge is -2.15. The van der Waals surface area contributed by atoms with Crippen molar-refractivity contribution < 1.29 is 19.0 Å². The van der Waals surface area contributed by atoms with Crippen molar-refractivity contribution >= 4 is 56.5 Å². The number of carbonyl (C=O) groups is 1. The number of aryl methyl sites for hydroxylation is 1. The molecule has 34 heavy (non-hydrogen) atoms. The maximum Gasteiger partial charge on any atom is 0.363 e. The Labute approximate surface area is 221 Å². The van der Waals surface area contributed by atoms with Gasteiger partial charge in [-0.3, -0.25) is 0 Å². The lowest BCUT2D eigenvalue weighted by Crippen LogP contribution is -2.06. The van der Waals surface area contributed by atoms with Crippen molar-refractivity contribution in [2.24, 2.45) is 4.99 Å². The Morgan fingerprint density at radius 2 is 1.88 bits per heavy atom. The number of cyclic esters (lactones) is 1. The number of hydrogen-bond acceptors (Lipinski definition) is 5. The molecule has 0 amide bonds. The molecule has 0 spiro atoms. The van der Waals surface area contributed by atoms with Gasteiger partial charge >= 0.3 is 5.97 Å². The van der Waals surface area contributed by atoms with Crippen molar-refractivity contribution in [1.29, 1.82) is 0 Å². The van der Waals surface area contributed by atoms with Crippen LogP contribution >= 0.6 is 38.5 Å². The van der Waals surface area contributed by atoms with Gasteiger partial charge in [0.25, 0.3) is 0 Å². The molecule has 3 aromatic rings. The van der Waals surface area contributed by atoms with Gasteiger partial charge in [-0.2, -0.15) is 0 Å². The number of ether oxygens (including phenoxy) is 3. The van der Waals surface area contributed by atoms with Crippen LogP contribution in [0.15, 0.2) is 75.8 Å². The smallest absolute Gasteiger partial charge is 0.363 e. The zero-order valence-corrected chi connectivity index (χ0v) is 22.6. The molecule has 1 heterocycles. The summed E-state index contributed by atoms with van der Waals surface area (Å²) in [5.41, 5.74) is 4.06. The highest BCUT2D eigenvalue weighted by Gasteiger charge is 2.25. The topological polar surface area (TPSA) is 57.1 Å². The maximum absolute atomic E-state index is 12.5. The number of nitrogens with zero attached hydrogens (tertiary/aromatic N) is 1. The third kappa shape index (κ3) is 5.88. The SMILES string of the molecule is CCOc1cc(/C=C2\N=C(c3ccc(I)c(C)c3)OC2=O)cc(Br)c1OCCc1ccccc1. The quantitative estimate of drug-likeness (QED) is 0.157. The molecule has 0 unspecified atom stereocenters. The molecule has 3 aromatic carbocycles. The zero-order chi connectivity index (χ0) is 24.1. The van der Waals surface area contributed by atoms with E-state index in [1.807, 2.05) is 62.4 Å². The molecule has 5 nitrogen and oxygen atoms in total. The Kier molecular flexibility index (Phi) is 8.05. The van der Waals surface area contributed by atoms with E-state index in [-0.39, 0.29) is 5.70 Å². The van der Waals surface area contributed by atoms with Gasteiger partial charge in [-0.05, 0) is 105 Å². The van der Waals surface area contributed by atoms with Crippen LogP contribution < -0.4 is 9.47 Å². The summed E-state index contributed by atoms with van der Waals surface area (Å²) in [5.74, 6) is 1.05. The van der Waals surface area contributed by atoms with Crippen molar-refractivity contribution in [2.45, 2.75) is 20.3 Å². The van der Waals surface area contributed by atoms with Crippen LogP contribution in [0.1, 0.15) is 29.2 Å². The van der Waals surface area contributed by atoms with E-state index in [0.717, 1.165) is 31.2 Å². The largest absolute Gasteiger partial charge is 0.490 e. The predicted octanol–water partition coefficient (Wildman–Crippen LogP) is 6.73. The fourth-order valence-electron chi connectivity index (χ4n) is 3.46. The molecular formula is C27H23BrINO4. The van der Waals surface area contributed by atoms with Crippen molar-refractivity contribution in [3.05, 3.63) is 96.7 Å². The highest BCUT2D eigenvalue weighted by molar-refractivity contribution is 14.1. The number of esters is 1. The molecule has 7 heteroatoms. The summed E-state index contributed by atoms with van der Waals surface area (Å²) in [5, 5.41) is 0. The minimum Gasteiger partial charge on any atom is -0.490 e. The Morgan fingerprint density at radius 1 is 1.09 bits per heavy atom. The van der Waals surface area contributed by atoms with Crippen molar-refractivity contribution in [1.82, 2.24) is 0 Å². The molecule has 0 aromatic heterocycles. The minimum atomic E-state index is -0.483. The van der Waals surface area contributed by atoms with Gasteiger partial charge in [0, 0.05) is 15.6 Å². The first-order valence-electron chi connectivity index (χ1n) is 10.9. The number of carbonyl (C=O) groups excluding carboxylic acids is 1. The summed E-state index contributed by atoms with van der Waals surface area (Å²) in [6.45, 7) is 4.92. The Bertz CT molecular complexity index is 1270. The van der Waals surface area contributed by atoms with E-state index in [4.69, 9.17) is 14.2 Å². The first-order chi connectivity index (χ1) is 16.4. The van der Waals surface area contributed by atoms with E-state index in [0.29, 0.717) is 30.6 Å². The second kappa shape index (κ2) is 11.2. The molecule has 0 saturated heterocycles. The van der Waals surface area contributed by atoms with E-state index in [9.17, 15) is 4.79 Å². The lowest BCUT2D eigenvalue weighted by atomic mass is 10.1. The van der Waals surface area contributed by atoms with Gasteiger partial charge < -0.3 is 14.2 Å². The molecule has 0 saturated carbocycles. The summed E-state index contributed by atoms with van der Waals surface area (Å²) in [6.07, 6.45) is 2.47. The number of benzene rings is 3. The third-order valence-corrected chi connectivity index (χ3v) is 6.94. The minimum absolute atomic E-state index is 0.235.